The summed E-state index contributed by atoms with van der Waals surface area (Å²) in [7, 11) is 1.37. The monoisotopic (exact) mass is 513 g/mol. The van der Waals surface area contributed by atoms with Crippen molar-refractivity contribution in [2.75, 3.05) is 19.0 Å². The van der Waals surface area contributed by atoms with Gasteiger partial charge in [0.1, 0.15) is 10.8 Å². The van der Waals surface area contributed by atoms with Gasteiger partial charge in [-0.1, -0.05) is 30.3 Å². The molecule has 1 amide bonds. The van der Waals surface area contributed by atoms with Crippen molar-refractivity contribution < 1.29 is 19.1 Å². The van der Waals surface area contributed by atoms with Gasteiger partial charge in [0.25, 0.3) is 5.91 Å². The molecule has 2 aromatic carbocycles. The molecule has 4 rings (SSSR count). The molecular formula is C25H24BrNO4S. The highest BCUT2D eigenvalue weighted by Crippen LogP contribution is 2.39. The van der Waals surface area contributed by atoms with Gasteiger partial charge in [-0.3, -0.25) is 4.79 Å². The number of carbonyl (C=O) groups is 2. The molecule has 1 heterocycles. The fraction of sp³-hybridized carbons (Fsp3) is 0.280. The van der Waals surface area contributed by atoms with Gasteiger partial charge < -0.3 is 14.8 Å². The molecule has 0 bridgehead atoms. The van der Waals surface area contributed by atoms with Crippen molar-refractivity contribution in [1.82, 2.24) is 0 Å². The Morgan fingerprint density at radius 3 is 2.62 bits per heavy atom. The number of methoxy groups -OCH3 is 1. The number of thiophene rings is 1. The Kier molecular flexibility index (Phi) is 7.27. The molecule has 1 aliphatic carbocycles. The van der Waals surface area contributed by atoms with Gasteiger partial charge in [-0.15, -0.1) is 11.3 Å². The van der Waals surface area contributed by atoms with Crippen LogP contribution in [0, 0.1) is 0 Å². The highest BCUT2D eigenvalue weighted by molar-refractivity contribution is 9.10. The number of fused-ring (bicyclic) bond motifs is 1. The molecule has 0 fully saturated rings. The fourth-order valence-corrected chi connectivity index (χ4v) is 5.60. The normalized spacial score (nSPS) is 12.7. The van der Waals surface area contributed by atoms with E-state index in [9.17, 15) is 9.59 Å². The van der Waals surface area contributed by atoms with E-state index < -0.39 is 5.97 Å². The van der Waals surface area contributed by atoms with Crippen LogP contribution in [0.3, 0.4) is 0 Å². The number of nitrogens with one attached hydrogen (secondary N) is 1. The highest BCUT2D eigenvalue weighted by Gasteiger charge is 2.27. The van der Waals surface area contributed by atoms with Crippen LogP contribution in [0.15, 0.2) is 53.0 Å². The molecule has 7 heteroatoms. The third kappa shape index (κ3) is 5.05. The number of anilines is 1. The number of carbonyl (C=O) groups excluding carboxylic acids is 2. The topological polar surface area (TPSA) is 64.6 Å². The zero-order valence-electron chi connectivity index (χ0n) is 17.8. The molecule has 3 aromatic rings. The first-order valence-corrected chi connectivity index (χ1v) is 12.2. The minimum Gasteiger partial charge on any atom is -0.492 e. The maximum Gasteiger partial charge on any atom is 0.341 e. The lowest BCUT2D eigenvalue weighted by molar-refractivity contribution is 0.0601. The van der Waals surface area contributed by atoms with Crippen LogP contribution in [-0.2, 0) is 24.0 Å². The molecule has 166 valence electrons. The second-order valence-electron chi connectivity index (χ2n) is 7.59. The molecule has 0 aliphatic heterocycles. The van der Waals surface area contributed by atoms with Crippen LogP contribution in [0.25, 0.3) is 0 Å². The van der Waals surface area contributed by atoms with E-state index in [-0.39, 0.29) is 5.91 Å². The lowest BCUT2D eigenvalue weighted by Gasteiger charge is -2.12. The van der Waals surface area contributed by atoms with Gasteiger partial charge in [0.15, 0.2) is 0 Å². The van der Waals surface area contributed by atoms with Gasteiger partial charge in [-0.05, 0) is 70.9 Å². The van der Waals surface area contributed by atoms with Crippen LogP contribution in [-0.4, -0.2) is 25.6 Å². The molecule has 0 saturated heterocycles. The molecule has 0 unspecified atom stereocenters. The van der Waals surface area contributed by atoms with Crippen LogP contribution in [0.4, 0.5) is 5.00 Å². The summed E-state index contributed by atoms with van der Waals surface area (Å²) in [5, 5.41) is 3.49. The van der Waals surface area contributed by atoms with Gasteiger partial charge in [0, 0.05) is 16.9 Å². The predicted octanol–water partition coefficient (Wildman–Crippen LogP) is 6.05. The number of aryl methyl sites for hydroxylation is 1. The van der Waals surface area contributed by atoms with Crippen molar-refractivity contribution in [3.05, 3.63) is 80.1 Å². The fourth-order valence-electron chi connectivity index (χ4n) is 3.83. The van der Waals surface area contributed by atoms with Gasteiger partial charge in [0.05, 0.1) is 23.8 Å². The summed E-state index contributed by atoms with van der Waals surface area (Å²) in [5.74, 6) is 0.00708. The van der Waals surface area contributed by atoms with Crippen LogP contribution in [0.2, 0.25) is 0 Å². The summed E-state index contributed by atoms with van der Waals surface area (Å²) in [6, 6.07) is 15.4. The van der Waals surface area contributed by atoms with E-state index in [1.54, 1.807) is 18.2 Å². The quantitative estimate of drug-likeness (QED) is 0.390. The third-order valence-electron chi connectivity index (χ3n) is 5.47. The summed E-state index contributed by atoms with van der Waals surface area (Å²) < 4.78 is 11.6. The van der Waals surface area contributed by atoms with E-state index in [1.165, 1.54) is 24.0 Å². The van der Waals surface area contributed by atoms with Crippen molar-refractivity contribution in [1.29, 1.82) is 0 Å². The standard InChI is InChI=1S/C25H24BrNO4S/c1-30-25(29)22-18-9-5-6-10-21(18)32-24(22)27-23(28)17-11-12-20(19(26)15-17)31-14-13-16-7-3-2-4-8-16/h2-4,7-8,11-12,15H,5-6,9-10,13-14H2,1H3,(H,27,28). The number of rotatable bonds is 7. The Morgan fingerprint density at radius 2 is 1.88 bits per heavy atom. The lowest BCUT2D eigenvalue weighted by Crippen LogP contribution is -2.15. The smallest absolute Gasteiger partial charge is 0.341 e. The summed E-state index contributed by atoms with van der Waals surface area (Å²) in [6.07, 6.45) is 4.71. The first-order valence-electron chi connectivity index (χ1n) is 10.6. The van der Waals surface area contributed by atoms with E-state index in [2.05, 4.69) is 33.4 Å². The van der Waals surface area contributed by atoms with E-state index in [4.69, 9.17) is 9.47 Å². The van der Waals surface area contributed by atoms with Crippen LogP contribution in [0.5, 0.6) is 5.75 Å². The number of hydrogen-bond acceptors (Lipinski definition) is 5. The second-order valence-corrected chi connectivity index (χ2v) is 9.55. The molecule has 0 radical (unpaired) electrons. The van der Waals surface area contributed by atoms with Crippen molar-refractivity contribution in [3.63, 3.8) is 0 Å². The summed E-state index contributed by atoms with van der Waals surface area (Å²) in [6.45, 7) is 0.539. The average molecular weight is 514 g/mol. The largest absolute Gasteiger partial charge is 0.492 e. The van der Waals surface area contributed by atoms with Gasteiger partial charge in [0.2, 0.25) is 0 Å². The molecule has 1 N–H and O–H groups in total. The SMILES string of the molecule is COC(=O)c1c(NC(=O)c2ccc(OCCc3ccccc3)c(Br)c2)sc2c1CCCC2. The Bertz CT molecular complexity index is 1130. The van der Waals surface area contributed by atoms with Crippen molar-refractivity contribution in [3.8, 4) is 5.75 Å². The molecular weight excluding hydrogens is 490 g/mol. The minimum atomic E-state index is -0.400. The minimum absolute atomic E-state index is 0.273. The first kappa shape index (κ1) is 22.6. The molecule has 0 saturated carbocycles. The van der Waals surface area contributed by atoms with E-state index in [1.807, 2.05) is 18.2 Å². The highest BCUT2D eigenvalue weighted by atomic mass is 79.9. The molecule has 32 heavy (non-hydrogen) atoms. The Labute approximate surface area is 199 Å². The molecule has 5 nitrogen and oxygen atoms in total. The zero-order valence-corrected chi connectivity index (χ0v) is 20.2. The number of hydrogen-bond donors (Lipinski definition) is 1. The third-order valence-corrected chi connectivity index (χ3v) is 7.30. The van der Waals surface area contributed by atoms with Crippen molar-refractivity contribution >= 4 is 44.1 Å². The maximum atomic E-state index is 12.9. The maximum absolute atomic E-state index is 12.9. The predicted molar refractivity (Wildman–Crippen MR) is 130 cm³/mol. The average Bonchev–Trinajstić information content (AvgIpc) is 3.18. The van der Waals surface area contributed by atoms with E-state index in [0.717, 1.165) is 42.5 Å². The number of ether oxygens (including phenoxy) is 2. The molecule has 0 atom stereocenters. The summed E-state index contributed by atoms with van der Waals surface area (Å²) in [4.78, 5) is 26.5. The molecule has 1 aliphatic rings. The Balaban J connectivity index is 1.45. The van der Waals surface area contributed by atoms with Gasteiger partial charge >= 0.3 is 5.97 Å². The number of amides is 1. The van der Waals surface area contributed by atoms with E-state index >= 15 is 0 Å². The number of esters is 1. The van der Waals surface area contributed by atoms with Crippen LogP contribution in [0.1, 0.15) is 49.6 Å². The number of benzene rings is 2. The van der Waals surface area contributed by atoms with Gasteiger partial charge in [-0.25, -0.2) is 4.79 Å². The Morgan fingerprint density at radius 1 is 1.09 bits per heavy atom. The first-order chi connectivity index (χ1) is 15.6. The second kappa shape index (κ2) is 10.3. The number of halogens is 1. The zero-order chi connectivity index (χ0) is 22.5. The summed E-state index contributed by atoms with van der Waals surface area (Å²) >= 11 is 4.98. The van der Waals surface area contributed by atoms with E-state index in [0.29, 0.717) is 33.0 Å². The van der Waals surface area contributed by atoms with Crippen molar-refractivity contribution in [2.24, 2.45) is 0 Å². The summed E-state index contributed by atoms with van der Waals surface area (Å²) in [5.41, 5.74) is 3.21. The van der Waals surface area contributed by atoms with Crippen LogP contribution < -0.4 is 10.1 Å². The molecule has 0 spiro atoms. The Hall–Kier alpha value is -2.64. The van der Waals surface area contributed by atoms with Crippen molar-refractivity contribution in [2.45, 2.75) is 32.1 Å². The van der Waals surface area contributed by atoms with Crippen LogP contribution >= 0.6 is 27.3 Å². The lowest BCUT2D eigenvalue weighted by atomic mass is 9.95. The van der Waals surface area contributed by atoms with Gasteiger partial charge in [-0.2, -0.15) is 0 Å². The molecule has 1 aromatic heterocycles.